The van der Waals surface area contributed by atoms with Crippen LogP contribution in [0.2, 0.25) is 0 Å². The Bertz CT molecular complexity index is 211. The molecule has 2 aliphatic rings. The van der Waals surface area contributed by atoms with Crippen molar-refractivity contribution in [1.82, 2.24) is 5.32 Å². The summed E-state index contributed by atoms with van der Waals surface area (Å²) in [5.74, 6) is 0.767. The third-order valence-corrected chi connectivity index (χ3v) is 4.45. The van der Waals surface area contributed by atoms with Gasteiger partial charge in [-0.3, -0.25) is 0 Å². The molecule has 0 radical (unpaired) electrons. The number of likely N-dealkylation sites (N-methyl/N-ethyl adjacent to an activating group) is 1. The van der Waals surface area contributed by atoms with Crippen LogP contribution >= 0.6 is 0 Å². The van der Waals surface area contributed by atoms with Crippen molar-refractivity contribution in [3.05, 3.63) is 0 Å². The van der Waals surface area contributed by atoms with Gasteiger partial charge in [0.05, 0.1) is 11.7 Å². The molecule has 2 nitrogen and oxygen atoms in total. The summed E-state index contributed by atoms with van der Waals surface area (Å²) in [4.78, 5) is 0. The molecule has 0 aliphatic heterocycles. The predicted octanol–water partition coefficient (Wildman–Crippen LogP) is 3.11. The van der Waals surface area contributed by atoms with Gasteiger partial charge in [-0.25, -0.2) is 0 Å². The molecular weight excluding hydrogens is 198 g/mol. The Morgan fingerprint density at radius 3 is 2.44 bits per heavy atom. The van der Waals surface area contributed by atoms with Crippen molar-refractivity contribution in [3.63, 3.8) is 0 Å². The summed E-state index contributed by atoms with van der Waals surface area (Å²) in [7, 11) is 2.05. The van der Waals surface area contributed by atoms with Crippen LogP contribution in [0.4, 0.5) is 0 Å². The molecule has 0 bridgehead atoms. The Balaban J connectivity index is 1.93. The molecule has 2 atom stereocenters. The average molecular weight is 225 g/mol. The Kier molecular flexibility index (Phi) is 4.26. The second-order valence-electron chi connectivity index (χ2n) is 5.84. The van der Waals surface area contributed by atoms with Crippen LogP contribution in [0.5, 0.6) is 0 Å². The van der Waals surface area contributed by atoms with Gasteiger partial charge in [0.1, 0.15) is 0 Å². The summed E-state index contributed by atoms with van der Waals surface area (Å²) >= 11 is 0. The van der Waals surface area contributed by atoms with Crippen LogP contribution in [0.15, 0.2) is 0 Å². The van der Waals surface area contributed by atoms with E-state index in [1.165, 1.54) is 51.4 Å². The molecule has 0 heterocycles. The van der Waals surface area contributed by atoms with Gasteiger partial charge in [-0.15, -0.1) is 0 Å². The normalized spacial score (nSPS) is 34.1. The fourth-order valence-corrected chi connectivity index (χ4v) is 3.46. The molecule has 2 rings (SSSR count). The first-order valence-corrected chi connectivity index (χ1v) is 7.08. The first kappa shape index (κ1) is 12.4. The second kappa shape index (κ2) is 5.50. The van der Waals surface area contributed by atoms with Crippen LogP contribution in [0.1, 0.15) is 58.3 Å². The Hall–Kier alpha value is -0.0800. The van der Waals surface area contributed by atoms with Crippen LogP contribution in [0.25, 0.3) is 0 Å². The SMILES string of the molecule is CNCC1(OC2CCCCC2C)CCCC1. The van der Waals surface area contributed by atoms with Crippen LogP contribution in [-0.2, 0) is 4.74 Å². The van der Waals surface area contributed by atoms with Crippen molar-refractivity contribution in [2.24, 2.45) is 5.92 Å². The number of rotatable bonds is 4. The van der Waals surface area contributed by atoms with Gasteiger partial charge in [-0.2, -0.15) is 0 Å². The van der Waals surface area contributed by atoms with Crippen molar-refractivity contribution in [2.45, 2.75) is 70.0 Å². The maximum Gasteiger partial charge on any atom is 0.0810 e. The van der Waals surface area contributed by atoms with Crippen LogP contribution in [0, 0.1) is 5.92 Å². The van der Waals surface area contributed by atoms with Crippen molar-refractivity contribution >= 4 is 0 Å². The van der Waals surface area contributed by atoms with Gasteiger partial charge in [0.2, 0.25) is 0 Å². The molecule has 1 N–H and O–H groups in total. The summed E-state index contributed by atoms with van der Waals surface area (Å²) in [6.45, 7) is 3.40. The van der Waals surface area contributed by atoms with E-state index in [1.54, 1.807) is 0 Å². The lowest BCUT2D eigenvalue weighted by molar-refractivity contribution is -0.118. The van der Waals surface area contributed by atoms with E-state index < -0.39 is 0 Å². The highest BCUT2D eigenvalue weighted by Gasteiger charge is 2.38. The van der Waals surface area contributed by atoms with Gasteiger partial charge in [0, 0.05) is 6.54 Å². The van der Waals surface area contributed by atoms with E-state index in [9.17, 15) is 0 Å². The fourth-order valence-electron chi connectivity index (χ4n) is 3.46. The van der Waals surface area contributed by atoms with Crippen molar-refractivity contribution in [2.75, 3.05) is 13.6 Å². The monoisotopic (exact) mass is 225 g/mol. The minimum absolute atomic E-state index is 0.172. The van der Waals surface area contributed by atoms with Gasteiger partial charge in [0.15, 0.2) is 0 Å². The third-order valence-electron chi connectivity index (χ3n) is 4.45. The molecule has 2 saturated carbocycles. The maximum atomic E-state index is 6.53. The lowest BCUT2D eigenvalue weighted by atomic mass is 9.87. The van der Waals surface area contributed by atoms with Crippen LogP contribution in [-0.4, -0.2) is 25.3 Å². The zero-order valence-electron chi connectivity index (χ0n) is 10.9. The zero-order valence-corrected chi connectivity index (χ0v) is 10.9. The highest BCUT2D eigenvalue weighted by atomic mass is 16.5. The molecule has 2 aliphatic carbocycles. The molecular formula is C14H27NO. The molecule has 0 spiro atoms. The number of hydrogen-bond acceptors (Lipinski definition) is 2. The summed E-state index contributed by atoms with van der Waals surface area (Å²) in [6, 6.07) is 0. The van der Waals surface area contributed by atoms with Crippen molar-refractivity contribution in [3.8, 4) is 0 Å². The summed E-state index contributed by atoms with van der Waals surface area (Å²) in [5, 5.41) is 3.33. The lowest BCUT2D eigenvalue weighted by Crippen LogP contribution is -2.44. The largest absolute Gasteiger partial charge is 0.370 e. The van der Waals surface area contributed by atoms with E-state index in [4.69, 9.17) is 4.74 Å². The molecule has 0 saturated heterocycles. The third kappa shape index (κ3) is 2.78. The van der Waals surface area contributed by atoms with Crippen LogP contribution in [0.3, 0.4) is 0 Å². The van der Waals surface area contributed by atoms with E-state index in [0.717, 1.165) is 12.5 Å². The molecule has 0 aromatic rings. The standard InChI is InChI=1S/C14H27NO/c1-12-7-3-4-8-13(12)16-14(11-15-2)9-5-6-10-14/h12-13,15H,3-11H2,1-2H3. The number of hydrogen-bond donors (Lipinski definition) is 1. The van der Waals surface area contributed by atoms with Crippen molar-refractivity contribution in [1.29, 1.82) is 0 Å². The minimum atomic E-state index is 0.172. The molecule has 2 unspecified atom stereocenters. The lowest BCUT2D eigenvalue weighted by Gasteiger charge is -2.38. The Morgan fingerprint density at radius 2 is 1.81 bits per heavy atom. The minimum Gasteiger partial charge on any atom is -0.370 e. The Labute approximate surface area is 100 Å². The molecule has 0 aromatic heterocycles. The van der Waals surface area contributed by atoms with Crippen LogP contribution < -0.4 is 5.32 Å². The van der Waals surface area contributed by atoms with E-state index in [1.807, 2.05) is 7.05 Å². The molecule has 16 heavy (non-hydrogen) atoms. The smallest absolute Gasteiger partial charge is 0.0810 e. The molecule has 0 amide bonds. The highest BCUT2D eigenvalue weighted by molar-refractivity contribution is 4.90. The average Bonchev–Trinajstić information content (AvgIpc) is 2.71. The quantitative estimate of drug-likeness (QED) is 0.794. The first-order valence-electron chi connectivity index (χ1n) is 7.08. The predicted molar refractivity (Wildman–Crippen MR) is 67.6 cm³/mol. The zero-order chi connectivity index (χ0) is 11.4. The molecule has 94 valence electrons. The first-order chi connectivity index (χ1) is 7.76. The van der Waals surface area contributed by atoms with Gasteiger partial charge in [-0.1, -0.05) is 32.6 Å². The van der Waals surface area contributed by atoms with Crippen molar-refractivity contribution < 1.29 is 4.74 Å². The van der Waals surface area contributed by atoms with E-state index >= 15 is 0 Å². The van der Waals surface area contributed by atoms with E-state index in [2.05, 4.69) is 12.2 Å². The van der Waals surface area contributed by atoms with E-state index in [-0.39, 0.29) is 5.60 Å². The molecule has 2 heteroatoms. The maximum absolute atomic E-state index is 6.53. The number of nitrogens with one attached hydrogen (secondary N) is 1. The summed E-state index contributed by atoms with van der Waals surface area (Å²) in [6.07, 6.45) is 11.2. The topological polar surface area (TPSA) is 21.3 Å². The number of ether oxygens (including phenoxy) is 1. The molecule has 0 aromatic carbocycles. The second-order valence-corrected chi connectivity index (χ2v) is 5.84. The molecule has 2 fully saturated rings. The summed E-state index contributed by atoms with van der Waals surface area (Å²) in [5.41, 5.74) is 0.172. The fraction of sp³-hybridized carbons (Fsp3) is 1.00. The Morgan fingerprint density at radius 1 is 1.12 bits per heavy atom. The van der Waals surface area contributed by atoms with Gasteiger partial charge < -0.3 is 10.1 Å². The van der Waals surface area contributed by atoms with Gasteiger partial charge >= 0.3 is 0 Å². The van der Waals surface area contributed by atoms with Gasteiger partial charge in [-0.05, 0) is 38.6 Å². The highest BCUT2D eigenvalue weighted by Crippen LogP contribution is 2.37. The summed E-state index contributed by atoms with van der Waals surface area (Å²) < 4.78 is 6.53. The van der Waals surface area contributed by atoms with Gasteiger partial charge in [0.25, 0.3) is 0 Å². The van der Waals surface area contributed by atoms with E-state index in [0.29, 0.717) is 6.10 Å².